The SMILES string of the molecule is CC#CCN1CC(CC(=O)c2ccccc2N)N=C1N1CCNCC1. The maximum atomic E-state index is 12.6. The smallest absolute Gasteiger partial charge is 0.197 e. The molecule has 0 aliphatic carbocycles. The van der Waals surface area contributed by atoms with Gasteiger partial charge in [-0.3, -0.25) is 4.79 Å². The van der Waals surface area contributed by atoms with Crippen molar-refractivity contribution in [3.8, 4) is 11.8 Å². The third-order valence-electron chi connectivity index (χ3n) is 4.54. The van der Waals surface area contributed by atoms with E-state index in [4.69, 9.17) is 10.7 Å². The Bertz CT molecular complexity index is 712. The van der Waals surface area contributed by atoms with Crippen molar-refractivity contribution in [3.63, 3.8) is 0 Å². The molecular weight excluding hydrogens is 314 g/mol. The molecule has 0 radical (unpaired) electrons. The van der Waals surface area contributed by atoms with Gasteiger partial charge in [0.05, 0.1) is 12.6 Å². The van der Waals surface area contributed by atoms with Gasteiger partial charge in [0.1, 0.15) is 0 Å². The summed E-state index contributed by atoms with van der Waals surface area (Å²) in [5.41, 5.74) is 7.06. The van der Waals surface area contributed by atoms with Crippen molar-refractivity contribution in [2.24, 2.45) is 4.99 Å². The molecule has 0 saturated carbocycles. The third-order valence-corrected chi connectivity index (χ3v) is 4.54. The van der Waals surface area contributed by atoms with Crippen molar-refractivity contribution in [2.75, 3.05) is 45.0 Å². The summed E-state index contributed by atoms with van der Waals surface area (Å²) in [6.45, 7) is 7.00. The molecule has 1 atom stereocenters. The van der Waals surface area contributed by atoms with E-state index in [9.17, 15) is 4.79 Å². The number of nitrogens with two attached hydrogens (primary N) is 1. The molecule has 2 aliphatic rings. The van der Waals surface area contributed by atoms with Crippen LogP contribution in [0.4, 0.5) is 5.69 Å². The Labute approximate surface area is 149 Å². The summed E-state index contributed by atoms with van der Waals surface area (Å²) >= 11 is 0. The van der Waals surface area contributed by atoms with Crippen LogP contribution in [0.25, 0.3) is 0 Å². The minimum Gasteiger partial charge on any atom is -0.398 e. The van der Waals surface area contributed by atoms with Crippen LogP contribution in [-0.2, 0) is 0 Å². The Morgan fingerprint density at radius 2 is 2.12 bits per heavy atom. The molecule has 25 heavy (non-hydrogen) atoms. The van der Waals surface area contributed by atoms with Gasteiger partial charge in [0.25, 0.3) is 0 Å². The van der Waals surface area contributed by atoms with Crippen LogP contribution in [0.1, 0.15) is 23.7 Å². The number of piperazine rings is 1. The quantitative estimate of drug-likeness (QED) is 0.482. The molecule has 6 heteroatoms. The highest BCUT2D eigenvalue weighted by molar-refractivity contribution is 6.01. The number of nitrogen functional groups attached to an aromatic ring is 1. The first kappa shape index (κ1) is 17.3. The van der Waals surface area contributed by atoms with E-state index < -0.39 is 0 Å². The molecule has 1 saturated heterocycles. The number of guanidine groups is 1. The highest BCUT2D eigenvalue weighted by Crippen LogP contribution is 2.20. The van der Waals surface area contributed by atoms with Gasteiger partial charge >= 0.3 is 0 Å². The second kappa shape index (κ2) is 8.04. The Morgan fingerprint density at radius 3 is 2.84 bits per heavy atom. The second-order valence-corrected chi connectivity index (χ2v) is 6.34. The molecule has 2 heterocycles. The van der Waals surface area contributed by atoms with Gasteiger partial charge < -0.3 is 20.9 Å². The summed E-state index contributed by atoms with van der Waals surface area (Å²) in [6.07, 6.45) is 0.375. The number of carbonyl (C=O) groups is 1. The molecule has 0 aromatic heterocycles. The van der Waals surface area contributed by atoms with E-state index in [1.54, 1.807) is 12.1 Å². The maximum Gasteiger partial charge on any atom is 0.197 e. The predicted molar refractivity (Wildman–Crippen MR) is 100 cm³/mol. The summed E-state index contributed by atoms with van der Waals surface area (Å²) in [5, 5.41) is 3.36. The van der Waals surface area contributed by atoms with Gasteiger partial charge in [-0.1, -0.05) is 18.1 Å². The fourth-order valence-electron chi connectivity index (χ4n) is 3.26. The van der Waals surface area contributed by atoms with E-state index in [-0.39, 0.29) is 11.8 Å². The summed E-state index contributed by atoms with van der Waals surface area (Å²) in [4.78, 5) is 21.9. The van der Waals surface area contributed by atoms with Crippen LogP contribution >= 0.6 is 0 Å². The van der Waals surface area contributed by atoms with E-state index in [1.165, 1.54) is 0 Å². The van der Waals surface area contributed by atoms with Crippen LogP contribution in [0.15, 0.2) is 29.3 Å². The topological polar surface area (TPSA) is 74.0 Å². The van der Waals surface area contributed by atoms with E-state index >= 15 is 0 Å². The lowest BCUT2D eigenvalue weighted by atomic mass is 10.0. The van der Waals surface area contributed by atoms with E-state index in [0.717, 1.165) is 38.7 Å². The monoisotopic (exact) mass is 339 g/mol. The van der Waals surface area contributed by atoms with Crippen LogP contribution in [0.5, 0.6) is 0 Å². The molecule has 3 N–H and O–H groups in total. The molecule has 1 aromatic carbocycles. The number of ketones is 1. The first-order valence-corrected chi connectivity index (χ1v) is 8.74. The van der Waals surface area contributed by atoms with Crippen LogP contribution in [-0.4, -0.2) is 66.9 Å². The summed E-state index contributed by atoms with van der Waals surface area (Å²) in [7, 11) is 0. The van der Waals surface area contributed by atoms with Gasteiger partial charge in [0.2, 0.25) is 0 Å². The minimum absolute atomic E-state index is 0.0457. The van der Waals surface area contributed by atoms with Crippen LogP contribution in [0, 0.1) is 11.8 Å². The highest BCUT2D eigenvalue weighted by Gasteiger charge is 2.30. The fourth-order valence-corrected chi connectivity index (χ4v) is 3.26. The Hall–Kier alpha value is -2.52. The summed E-state index contributed by atoms with van der Waals surface area (Å²) < 4.78 is 0. The normalized spacial score (nSPS) is 20.0. The first-order chi connectivity index (χ1) is 12.2. The van der Waals surface area contributed by atoms with E-state index in [2.05, 4.69) is 27.0 Å². The van der Waals surface area contributed by atoms with E-state index in [1.807, 2.05) is 19.1 Å². The number of nitrogens with one attached hydrogen (secondary N) is 1. The number of hydrogen-bond donors (Lipinski definition) is 2. The van der Waals surface area contributed by atoms with Gasteiger partial charge in [0, 0.05) is 50.4 Å². The van der Waals surface area contributed by atoms with Gasteiger partial charge in [-0.2, -0.15) is 0 Å². The molecule has 1 unspecified atom stereocenters. The van der Waals surface area contributed by atoms with Crippen molar-refractivity contribution < 1.29 is 4.79 Å². The van der Waals surface area contributed by atoms with Crippen LogP contribution < -0.4 is 11.1 Å². The molecule has 0 bridgehead atoms. The number of carbonyl (C=O) groups excluding carboxylic acids is 1. The number of para-hydroxylation sites is 1. The average Bonchev–Trinajstić information content (AvgIpc) is 3.03. The number of anilines is 1. The maximum absolute atomic E-state index is 12.6. The number of benzene rings is 1. The average molecular weight is 339 g/mol. The molecule has 2 aliphatic heterocycles. The highest BCUT2D eigenvalue weighted by atomic mass is 16.1. The lowest BCUT2D eigenvalue weighted by Gasteiger charge is -2.33. The molecule has 1 aromatic rings. The van der Waals surface area contributed by atoms with Gasteiger partial charge in [-0.15, -0.1) is 5.92 Å². The number of nitrogens with zero attached hydrogens (tertiary/aromatic N) is 3. The standard InChI is InChI=1S/C19H25N5O/c1-2-3-10-24-14-15(22-19(24)23-11-8-21-9-12-23)13-18(25)16-6-4-5-7-17(16)20/h4-7,15,21H,8-14,20H2,1H3. The van der Waals surface area contributed by atoms with Crippen molar-refractivity contribution in [1.29, 1.82) is 0 Å². The summed E-state index contributed by atoms with van der Waals surface area (Å²) in [6, 6.07) is 7.19. The zero-order chi connectivity index (χ0) is 17.6. The zero-order valence-electron chi connectivity index (χ0n) is 14.7. The second-order valence-electron chi connectivity index (χ2n) is 6.34. The summed E-state index contributed by atoms with van der Waals surface area (Å²) in [5.74, 6) is 7.09. The van der Waals surface area contributed by atoms with Crippen LogP contribution in [0.3, 0.4) is 0 Å². The largest absolute Gasteiger partial charge is 0.398 e. The zero-order valence-corrected chi connectivity index (χ0v) is 14.7. The number of Topliss-reactive ketones (excluding diaryl/α,β-unsaturated/α-hetero) is 1. The van der Waals surface area contributed by atoms with Crippen LogP contribution in [0.2, 0.25) is 0 Å². The Morgan fingerprint density at radius 1 is 1.36 bits per heavy atom. The Balaban J connectivity index is 1.72. The molecule has 0 amide bonds. The van der Waals surface area contributed by atoms with Gasteiger partial charge in [0.15, 0.2) is 11.7 Å². The molecule has 1 fully saturated rings. The van der Waals surface area contributed by atoms with E-state index in [0.29, 0.717) is 24.2 Å². The lowest BCUT2D eigenvalue weighted by Crippen LogP contribution is -2.51. The van der Waals surface area contributed by atoms with Crippen molar-refractivity contribution >= 4 is 17.4 Å². The number of rotatable bonds is 4. The van der Waals surface area contributed by atoms with Crippen molar-refractivity contribution in [2.45, 2.75) is 19.4 Å². The molecule has 0 spiro atoms. The van der Waals surface area contributed by atoms with Crippen molar-refractivity contribution in [3.05, 3.63) is 29.8 Å². The molecule has 3 rings (SSSR count). The first-order valence-electron chi connectivity index (χ1n) is 8.74. The van der Waals surface area contributed by atoms with Crippen molar-refractivity contribution in [1.82, 2.24) is 15.1 Å². The minimum atomic E-state index is -0.0457. The number of hydrogen-bond acceptors (Lipinski definition) is 6. The van der Waals surface area contributed by atoms with Gasteiger partial charge in [-0.25, -0.2) is 4.99 Å². The lowest BCUT2D eigenvalue weighted by molar-refractivity contribution is 0.0975. The molecule has 6 nitrogen and oxygen atoms in total. The fraction of sp³-hybridized carbons (Fsp3) is 0.474. The third kappa shape index (κ3) is 4.12. The predicted octanol–water partition coefficient (Wildman–Crippen LogP) is 0.810. The molecule has 132 valence electrons. The molecular formula is C19H25N5O. The van der Waals surface area contributed by atoms with Gasteiger partial charge in [-0.05, 0) is 19.1 Å². The number of aliphatic imine (C=N–C) groups is 1. The Kier molecular flexibility index (Phi) is 5.56.